The van der Waals surface area contributed by atoms with E-state index in [-0.39, 0.29) is 152 Å². The molecule has 24 nitrogen and oxygen atoms in total. The first-order valence-corrected chi connectivity index (χ1v) is 18.4. The molecule has 0 aliphatic carbocycles. The molecule has 0 saturated carbocycles. The summed E-state index contributed by atoms with van der Waals surface area (Å²) in [4.78, 5) is 18.9. The zero-order valence-corrected chi connectivity index (χ0v) is 41.4. The van der Waals surface area contributed by atoms with Gasteiger partial charge in [-0.15, -0.1) is 10.2 Å². The quantitative estimate of drug-likeness (QED) is 0.0406. The summed E-state index contributed by atoms with van der Waals surface area (Å²) >= 11 is 0. The first kappa shape index (κ1) is 55.9. The van der Waals surface area contributed by atoms with Crippen molar-refractivity contribution in [3.8, 4) is 34.6 Å². The monoisotopic (exact) mass is 953 g/mol. The molecule has 0 spiro atoms. The molecule has 0 N–H and O–H groups in total. The number of aryl methyl sites for hydroxylation is 2. The molecular weight excluding hydrogens is 934 g/mol. The predicted molar refractivity (Wildman–Crippen MR) is 185 cm³/mol. The third-order valence-corrected chi connectivity index (χ3v) is 9.24. The van der Waals surface area contributed by atoms with Crippen molar-refractivity contribution in [2.24, 2.45) is 20.5 Å². The molecule has 62 heavy (non-hydrogen) atoms. The molecule has 0 atom stereocenters. The second kappa shape index (κ2) is 23.0. The van der Waals surface area contributed by atoms with Crippen molar-refractivity contribution in [3.63, 3.8) is 0 Å². The van der Waals surface area contributed by atoms with E-state index in [1.807, 2.05) is 0 Å². The molecule has 0 fully saturated rings. The topological polar surface area (TPSA) is 378 Å². The minimum Gasteiger partial charge on any atom is -0.871 e. The maximum Gasteiger partial charge on any atom is 3.00 e. The Kier molecular flexibility index (Phi) is 20.7. The van der Waals surface area contributed by atoms with Gasteiger partial charge in [0, 0.05) is 36.0 Å². The Bertz CT molecular complexity index is 2690. The average Bonchev–Trinajstić information content (AvgIpc) is 3.61. The number of rotatable bonds is 10. The molecule has 4 aromatic carbocycles. The number of nitrogens with zero attached hydrogens (tertiary/aromatic N) is 10. The number of nitro groups is 2. The second-order valence-electron chi connectivity index (χ2n) is 11.4. The van der Waals surface area contributed by atoms with E-state index in [0.717, 1.165) is 70.0 Å². The van der Waals surface area contributed by atoms with E-state index in [4.69, 9.17) is 0 Å². The van der Waals surface area contributed by atoms with Gasteiger partial charge in [0.15, 0.2) is 0 Å². The van der Waals surface area contributed by atoms with Gasteiger partial charge in [-0.1, -0.05) is 11.5 Å². The van der Waals surface area contributed by atoms with Gasteiger partial charge in [-0.3, -0.25) is 20.2 Å². The molecule has 6 aromatic rings. The zero-order chi connectivity index (χ0) is 42.7. The van der Waals surface area contributed by atoms with Crippen LogP contribution in [0, 0.1) is 34.1 Å². The Labute approximate surface area is 426 Å². The Hall–Kier alpha value is -4.15. The standard InChI is InChI=1S/2C16H13N5O7S.Cr.3Na/c2*1-9-15(18-17-13-7-4-11(21(24)25)8-14(13)22)16(23)20(19-9)10-2-5-12(6-3-10)29(26,27)28;;;;/h2*2-8,22-23H,1H3,(H,26,27,28);;;;/q;;+3;3*+1/p-6. The molecule has 0 amide bonds. The van der Waals surface area contributed by atoms with Crippen LogP contribution in [0.1, 0.15) is 11.4 Å². The Balaban J connectivity index is 0.000000582. The summed E-state index contributed by atoms with van der Waals surface area (Å²) in [5.41, 5.74) is -0.830. The average molecular weight is 954 g/mol. The molecule has 6 rings (SSSR count). The maximum absolute atomic E-state index is 12.5. The van der Waals surface area contributed by atoms with E-state index in [9.17, 15) is 66.6 Å². The van der Waals surface area contributed by atoms with Crippen LogP contribution in [0.15, 0.2) is 115 Å². The maximum atomic E-state index is 12.5. The molecule has 1 radical (unpaired) electrons. The minimum atomic E-state index is -4.63. The Morgan fingerprint density at radius 3 is 1.10 bits per heavy atom. The van der Waals surface area contributed by atoms with E-state index in [0.29, 0.717) is 0 Å². The van der Waals surface area contributed by atoms with Gasteiger partial charge in [-0.2, -0.15) is 20.4 Å². The van der Waals surface area contributed by atoms with Gasteiger partial charge in [0.1, 0.15) is 31.6 Å². The van der Waals surface area contributed by atoms with Crippen molar-refractivity contribution in [2.75, 3.05) is 0 Å². The number of hydrogen-bond acceptors (Lipinski definition) is 20. The summed E-state index contributed by atoms with van der Waals surface area (Å²) < 4.78 is 67.7. The fourth-order valence-electron chi connectivity index (χ4n) is 4.69. The number of hydrogen-bond donors (Lipinski definition) is 0. The largest absolute Gasteiger partial charge is 3.00 e. The smallest absolute Gasteiger partial charge is 0.871 e. The molecule has 2 heterocycles. The summed E-state index contributed by atoms with van der Waals surface area (Å²) in [6.07, 6.45) is 0. The summed E-state index contributed by atoms with van der Waals surface area (Å²) in [6.45, 7) is 2.94. The SMILES string of the molecule is Cc1nn(-c2ccc(S(=O)(=O)[O-])cc2)c([O-])c1N=Nc1ccc([N+](=O)[O-])cc1[O-].Cc1nn(-c2ccc(S(=O)(=O)[O-])cc2)c([O-])c1N=Nc1ccc([N+](=O)[O-])cc1[O-].[Cr+3].[Na+].[Na+].[Na+]. The van der Waals surface area contributed by atoms with Crippen LogP contribution < -0.4 is 109 Å². The normalized spacial score (nSPS) is 11.0. The van der Waals surface area contributed by atoms with Crippen LogP contribution in [0.25, 0.3) is 11.4 Å². The molecule has 0 unspecified atom stereocenters. The number of azo groups is 2. The van der Waals surface area contributed by atoms with Gasteiger partial charge in [-0.05, 0) is 74.5 Å². The Morgan fingerprint density at radius 1 is 0.532 bits per heavy atom. The molecule has 0 saturated heterocycles. The van der Waals surface area contributed by atoms with Crippen LogP contribution in [0.4, 0.5) is 34.1 Å². The van der Waals surface area contributed by atoms with Crippen molar-refractivity contribution in [1.29, 1.82) is 0 Å². The molecule has 2 aromatic heterocycles. The van der Waals surface area contributed by atoms with Gasteiger partial charge in [0.2, 0.25) is 0 Å². The minimum absolute atomic E-state index is 0. The predicted octanol–water partition coefficient (Wildman–Crippen LogP) is -5.88. The van der Waals surface area contributed by atoms with E-state index < -0.39 is 74.5 Å². The molecule has 0 aliphatic rings. The first-order chi connectivity index (χ1) is 27.1. The second-order valence-corrected chi connectivity index (χ2v) is 14.2. The van der Waals surface area contributed by atoms with Gasteiger partial charge in [-0.25, -0.2) is 26.2 Å². The third kappa shape index (κ3) is 13.4. The summed E-state index contributed by atoms with van der Waals surface area (Å²) in [6, 6.07) is 15.0. The van der Waals surface area contributed by atoms with Crippen LogP contribution >= 0.6 is 0 Å². The fourth-order valence-corrected chi connectivity index (χ4v) is 5.63. The number of non-ortho nitro benzene ring substituents is 2. The van der Waals surface area contributed by atoms with Crippen LogP contribution in [0.2, 0.25) is 0 Å². The number of benzene rings is 4. The molecule has 0 aliphatic heterocycles. The molecular formula is C32H20CrN10Na3O14S2. The van der Waals surface area contributed by atoms with Crippen LogP contribution in [-0.4, -0.2) is 55.3 Å². The summed E-state index contributed by atoms with van der Waals surface area (Å²) in [5, 5.41) is 92.8. The molecule has 30 heteroatoms. The van der Waals surface area contributed by atoms with Crippen LogP contribution in [0.3, 0.4) is 0 Å². The number of nitro benzene ring substituents is 2. The summed E-state index contributed by atoms with van der Waals surface area (Å²) in [5.74, 6) is -2.87. The van der Waals surface area contributed by atoms with Gasteiger partial charge in [0.25, 0.3) is 11.4 Å². The van der Waals surface area contributed by atoms with Crippen LogP contribution in [-0.2, 0) is 37.6 Å². The van der Waals surface area contributed by atoms with E-state index in [2.05, 4.69) is 30.7 Å². The molecule has 303 valence electrons. The van der Waals surface area contributed by atoms with Crippen molar-refractivity contribution in [1.82, 2.24) is 19.6 Å². The first-order valence-electron chi connectivity index (χ1n) is 15.6. The van der Waals surface area contributed by atoms with Crippen molar-refractivity contribution in [3.05, 3.63) is 117 Å². The summed E-state index contributed by atoms with van der Waals surface area (Å²) in [7, 11) is -9.26. The van der Waals surface area contributed by atoms with Crippen molar-refractivity contribution in [2.45, 2.75) is 23.6 Å². The van der Waals surface area contributed by atoms with E-state index >= 15 is 0 Å². The van der Waals surface area contributed by atoms with E-state index in [1.165, 1.54) is 38.1 Å². The van der Waals surface area contributed by atoms with Gasteiger partial charge >= 0.3 is 106 Å². The fraction of sp³-hybridized carbons (Fsp3) is 0.0625. The molecule has 0 bridgehead atoms. The Morgan fingerprint density at radius 2 is 0.839 bits per heavy atom. The van der Waals surface area contributed by atoms with E-state index in [1.54, 1.807) is 0 Å². The third-order valence-electron chi connectivity index (χ3n) is 7.54. The zero-order valence-electron chi connectivity index (χ0n) is 32.5. The van der Waals surface area contributed by atoms with Crippen molar-refractivity contribution >= 4 is 54.4 Å². The van der Waals surface area contributed by atoms with Gasteiger partial charge < -0.3 is 29.5 Å². The van der Waals surface area contributed by atoms with Crippen molar-refractivity contribution < 1.29 is 162 Å². The van der Waals surface area contributed by atoms with Crippen LogP contribution in [0.5, 0.6) is 23.3 Å². The number of aromatic nitrogens is 4. The van der Waals surface area contributed by atoms with Gasteiger partial charge in [0.05, 0.1) is 53.8 Å².